The van der Waals surface area contributed by atoms with Crippen LogP contribution in [0.4, 0.5) is 10.8 Å². The van der Waals surface area contributed by atoms with Gasteiger partial charge in [-0.05, 0) is 42.0 Å². The molecule has 0 bridgehead atoms. The molecule has 0 aliphatic rings. The predicted octanol–water partition coefficient (Wildman–Crippen LogP) is 3.71. The van der Waals surface area contributed by atoms with Gasteiger partial charge in [0.05, 0.1) is 5.75 Å². The molecule has 7 nitrogen and oxygen atoms in total. The van der Waals surface area contributed by atoms with E-state index in [-0.39, 0.29) is 11.7 Å². The third-order valence-corrected chi connectivity index (χ3v) is 6.37. The van der Waals surface area contributed by atoms with Crippen LogP contribution in [0.3, 0.4) is 0 Å². The Balaban J connectivity index is 1.56. The minimum absolute atomic E-state index is 0.226. The second kappa shape index (κ2) is 9.29. The summed E-state index contributed by atoms with van der Waals surface area (Å²) in [6, 6.07) is 13.1. The molecule has 0 atom stereocenters. The van der Waals surface area contributed by atoms with Crippen LogP contribution in [0.15, 0.2) is 64.6 Å². The number of carbonyl (C=O) groups is 2. The van der Waals surface area contributed by atoms with Crippen molar-refractivity contribution in [3.05, 3.63) is 75.7 Å². The Bertz CT molecular complexity index is 1110. The first kappa shape index (κ1) is 21.2. The third kappa shape index (κ3) is 6.48. The Morgan fingerprint density at radius 3 is 2.48 bits per heavy atom. The van der Waals surface area contributed by atoms with Gasteiger partial charge >= 0.3 is 0 Å². The Labute approximate surface area is 180 Å². The Hall–Kier alpha value is -2.56. The van der Waals surface area contributed by atoms with E-state index in [1.165, 1.54) is 35.6 Å². The van der Waals surface area contributed by atoms with Crippen molar-refractivity contribution in [2.45, 2.75) is 5.75 Å². The zero-order valence-electron chi connectivity index (χ0n) is 15.0. The Morgan fingerprint density at radius 1 is 1.07 bits per heavy atom. The number of carbonyl (C=O) groups excluding carboxylic acids is 2. The van der Waals surface area contributed by atoms with Gasteiger partial charge < -0.3 is 5.32 Å². The second-order valence-corrected chi connectivity index (χ2v) is 9.95. The maximum absolute atomic E-state index is 12.3. The number of benzene rings is 2. The zero-order valence-corrected chi connectivity index (χ0v) is 18.2. The number of amides is 2. The number of anilines is 2. The number of halogens is 1. The lowest BCUT2D eigenvalue weighted by Gasteiger charge is -2.08. The molecule has 0 unspecified atom stereocenters. The monoisotopic (exact) mass is 493 g/mol. The number of sulfone groups is 1. The van der Waals surface area contributed by atoms with Crippen LogP contribution in [0.5, 0.6) is 0 Å². The molecule has 1 heterocycles. The normalized spacial score (nSPS) is 11.1. The van der Waals surface area contributed by atoms with E-state index >= 15 is 0 Å². The second-order valence-electron chi connectivity index (χ2n) is 6.08. The molecule has 0 saturated carbocycles. The molecule has 2 aromatic carbocycles. The van der Waals surface area contributed by atoms with E-state index in [2.05, 4.69) is 31.5 Å². The van der Waals surface area contributed by atoms with E-state index in [1.54, 1.807) is 35.8 Å². The molecule has 0 saturated heterocycles. The fourth-order valence-electron chi connectivity index (χ4n) is 2.49. The van der Waals surface area contributed by atoms with Crippen molar-refractivity contribution in [3.8, 4) is 0 Å². The fourth-order valence-corrected chi connectivity index (χ4v) is 4.72. The lowest BCUT2D eigenvalue weighted by atomic mass is 10.2. The van der Waals surface area contributed by atoms with Gasteiger partial charge in [-0.3, -0.25) is 14.9 Å². The van der Waals surface area contributed by atoms with Gasteiger partial charge in [0.15, 0.2) is 15.0 Å². The van der Waals surface area contributed by atoms with Gasteiger partial charge in [0.25, 0.3) is 5.91 Å². The number of hydrogen-bond donors (Lipinski definition) is 2. The van der Waals surface area contributed by atoms with Crippen molar-refractivity contribution in [1.82, 2.24) is 4.98 Å². The van der Waals surface area contributed by atoms with E-state index in [0.29, 0.717) is 21.9 Å². The molecule has 10 heteroatoms. The van der Waals surface area contributed by atoms with Crippen molar-refractivity contribution in [1.29, 1.82) is 0 Å². The number of nitrogens with zero attached hydrogens (tertiary/aromatic N) is 1. The molecule has 0 aliphatic carbocycles. The summed E-state index contributed by atoms with van der Waals surface area (Å²) < 4.78 is 25.3. The fraction of sp³-hybridized carbons (Fsp3) is 0.105. The summed E-state index contributed by atoms with van der Waals surface area (Å²) in [5.41, 5.74) is 1.39. The van der Waals surface area contributed by atoms with Gasteiger partial charge in [0.1, 0.15) is 5.75 Å². The molecule has 2 N–H and O–H groups in total. The molecule has 0 fully saturated rings. The van der Waals surface area contributed by atoms with E-state index in [9.17, 15) is 18.0 Å². The average Bonchev–Trinajstić information content (AvgIpc) is 3.14. The number of aromatic nitrogens is 1. The van der Waals surface area contributed by atoms with Crippen molar-refractivity contribution in [3.63, 3.8) is 0 Å². The largest absolute Gasteiger partial charge is 0.325 e. The van der Waals surface area contributed by atoms with Crippen LogP contribution in [0, 0.1) is 0 Å². The number of rotatable bonds is 7. The van der Waals surface area contributed by atoms with Crippen LogP contribution in [0.2, 0.25) is 0 Å². The van der Waals surface area contributed by atoms with E-state index in [1.807, 2.05) is 0 Å². The van der Waals surface area contributed by atoms with Gasteiger partial charge in [0.2, 0.25) is 5.91 Å². The minimum atomic E-state index is -3.62. The maximum Gasteiger partial charge on any atom is 0.257 e. The van der Waals surface area contributed by atoms with Crippen molar-refractivity contribution >= 4 is 59.7 Å². The van der Waals surface area contributed by atoms with Crippen molar-refractivity contribution < 1.29 is 18.0 Å². The molecule has 3 aromatic rings. The topological polar surface area (TPSA) is 105 Å². The smallest absolute Gasteiger partial charge is 0.257 e. The highest BCUT2D eigenvalue weighted by Crippen LogP contribution is 2.16. The molecule has 1 aromatic heterocycles. The quantitative estimate of drug-likeness (QED) is 0.521. The van der Waals surface area contributed by atoms with Crippen molar-refractivity contribution in [2.24, 2.45) is 0 Å². The van der Waals surface area contributed by atoms with Crippen LogP contribution in [-0.4, -0.2) is 31.0 Å². The molecule has 29 heavy (non-hydrogen) atoms. The summed E-state index contributed by atoms with van der Waals surface area (Å²) in [5, 5.41) is 7.43. The van der Waals surface area contributed by atoms with E-state index in [0.717, 1.165) is 4.47 Å². The average molecular weight is 494 g/mol. The summed E-state index contributed by atoms with van der Waals surface area (Å²) in [6.45, 7) is 0. The third-order valence-electron chi connectivity index (χ3n) is 3.71. The minimum Gasteiger partial charge on any atom is -0.325 e. The zero-order chi connectivity index (χ0) is 20.9. The first-order valence-electron chi connectivity index (χ1n) is 8.36. The van der Waals surface area contributed by atoms with Crippen LogP contribution < -0.4 is 10.6 Å². The maximum atomic E-state index is 12.3. The number of nitrogens with one attached hydrogen (secondary N) is 2. The Kier molecular flexibility index (Phi) is 6.78. The molecular weight excluding hydrogens is 478 g/mol. The van der Waals surface area contributed by atoms with Gasteiger partial charge in [-0.15, -0.1) is 11.3 Å². The SMILES string of the molecule is O=C(CS(=O)(=O)Cc1cccc(Br)c1)Nc1ccc(C(=O)Nc2nccs2)cc1. The van der Waals surface area contributed by atoms with Gasteiger partial charge in [-0.2, -0.15) is 0 Å². The predicted molar refractivity (Wildman–Crippen MR) is 117 cm³/mol. The van der Waals surface area contributed by atoms with E-state index in [4.69, 9.17) is 0 Å². The van der Waals surface area contributed by atoms with Gasteiger partial charge in [-0.1, -0.05) is 28.1 Å². The highest BCUT2D eigenvalue weighted by Gasteiger charge is 2.18. The van der Waals surface area contributed by atoms with Crippen LogP contribution >= 0.6 is 27.3 Å². The van der Waals surface area contributed by atoms with Crippen molar-refractivity contribution in [2.75, 3.05) is 16.4 Å². The molecule has 0 aliphatic heterocycles. The number of thiazole rings is 1. The highest BCUT2D eigenvalue weighted by atomic mass is 79.9. The lowest BCUT2D eigenvalue weighted by molar-refractivity contribution is -0.113. The lowest BCUT2D eigenvalue weighted by Crippen LogP contribution is -2.24. The van der Waals surface area contributed by atoms with Crippen LogP contribution in [0.25, 0.3) is 0 Å². The van der Waals surface area contributed by atoms with Gasteiger partial charge in [0, 0.05) is 27.3 Å². The molecule has 0 spiro atoms. The first-order chi connectivity index (χ1) is 13.8. The number of hydrogen-bond acceptors (Lipinski definition) is 6. The van der Waals surface area contributed by atoms with Crippen LogP contribution in [-0.2, 0) is 20.4 Å². The first-order valence-corrected chi connectivity index (χ1v) is 11.9. The Morgan fingerprint density at radius 2 is 1.83 bits per heavy atom. The molecule has 3 rings (SSSR count). The van der Waals surface area contributed by atoms with Crippen LogP contribution in [0.1, 0.15) is 15.9 Å². The summed E-state index contributed by atoms with van der Waals surface area (Å²) in [6.07, 6.45) is 1.59. The molecule has 2 amide bonds. The molecule has 150 valence electrons. The summed E-state index contributed by atoms with van der Waals surface area (Å²) in [5.74, 6) is -1.82. The summed E-state index contributed by atoms with van der Waals surface area (Å²) >= 11 is 4.60. The molecular formula is C19H16BrN3O4S2. The molecule has 0 radical (unpaired) electrons. The highest BCUT2D eigenvalue weighted by molar-refractivity contribution is 9.10. The standard InChI is InChI=1S/C19H16BrN3O4S2/c20-15-3-1-2-13(10-15)11-29(26,27)12-17(24)22-16-6-4-14(5-7-16)18(25)23-19-21-8-9-28-19/h1-10H,11-12H2,(H,22,24)(H,21,23,25). The van der Waals surface area contributed by atoms with E-state index < -0.39 is 21.5 Å². The van der Waals surface area contributed by atoms with Gasteiger partial charge in [-0.25, -0.2) is 13.4 Å². The summed E-state index contributed by atoms with van der Waals surface area (Å²) in [4.78, 5) is 28.2. The summed E-state index contributed by atoms with van der Waals surface area (Å²) in [7, 11) is -3.62.